The molecular weight excluding hydrogens is 292 g/mol. The lowest BCUT2D eigenvalue weighted by atomic mass is 10.2. The molecule has 1 aliphatic rings. The quantitative estimate of drug-likeness (QED) is 0.598. The molecule has 2 aromatic heterocycles. The van der Waals surface area contributed by atoms with E-state index in [0.717, 1.165) is 5.56 Å². The molecule has 1 aliphatic carbocycles. The van der Waals surface area contributed by atoms with Crippen LogP contribution < -0.4 is 10.9 Å². The van der Waals surface area contributed by atoms with E-state index in [2.05, 4.69) is 40.3 Å². The summed E-state index contributed by atoms with van der Waals surface area (Å²) in [5.74, 6) is -0.759. The minimum atomic E-state index is -0.385. The summed E-state index contributed by atoms with van der Waals surface area (Å²) < 4.78 is 2.32. The molecule has 0 aromatic carbocycles. The number of carbonyl (C=O) groups excluding carboxylic acids is 2. The number of nitrogens with zero attached hydrogens (tertiary/aromatic N) is 1. The average Bonchev–Trinajstić information content (AvgIpc) is 3.11. The molecule has 0 atom stereocenters. The van der Waals surface area contributed by atoms with E-state index in [1.54, 1.807) is 24.4 Å². The lowest BCUT2D eigenvalue weighted by Crippen LogP contribution is -2.40. The zero-order valence-electron chi connectivity index (χ0n) is 13.2. The summed E-state index contributed by atoms with van der Waals surface area (Å²) in [6.45, 7) is 4.15. The fourth-order valence-electron chi connectivity index (χ4n) is 2.73. The molecule has 0 radical (unpaired) electrons. The molecule has 2 aromatic rings. The smallest absolute Gasteiger partial charge is 0.286 e. The van der Waals surface area contributed by atoms with Gasteiger partial charge in [0.1, 0.15) is 5.69 Å². The van der Waals surface area contributed by atoms with Gasteiger partial charge in [0.25, 0.3) is 11.8 Å². The molecule has 6 nitrogen and oxygen atoms in total. The Labute approximate surface area is 134 Å². The van der Waals surface area contributed by atoms with Crippen molar-refractivity contribution in [2.24, 2.45) is 0 Å². The van der Waals surface area contributed by atoms with E-state index in [0.29, 0.717) is 11.7 Å². The fourth-order valence-corrected chi connectivity index (χ4v) is 2.73. The first-order valence-corrected chi connectivity index (χ1v) is 7.66. The van der Waals surface area contributed by atoms with Gasteiger partial charge in [-0.1, -0.05) is 0 Å². The number of nitrogens with one attached hydrogen (secondary N) is 3. The lowest BCUT2D eigenvalue weighted by molar-refractivity contribution is -0.117. The van der Waals surface area contributed by atoms with Crippen molar-refractivity contribution in [2.45, 2.75) is 32.7 Å². The number of aromatic nitrogens is 2. The van der Waals surface area contributed by atoms with E-state index < -0.39 is 0 Å². The van der Waals surface area contributed by atoms with Gasteiger partial charge in [-0.3, -0.25) is 20.4 Å². The normalized spacial score (nSPS) is 14.2. The van der Waals surface area contributed by atoms with Gasteiger partial charge in [0.2, 0.25) is 0 Å². The van der Waals surface area contributed by atoms with Crippen LogP contribution in [0.15, 0.2) is 30.5 Å². The van der Waals surface area contributed by atoms with Crippen LogP contribution in [0.3, 0.4) is 0 Å². The number of aromatic amines is 1. The summed E-state index contributed by atoms with van der Waals surface area (Å²) in [5.41, 5.74) is 8.52. The minimum absolute atomic E-state index is 0.374. The van der Waals surface area contributed by atoms with Gasteiger partial charge in [-0.15, -0.1) is 0 Å². The van der Waals surface area contributed by atoms with Gasteiger partial charge >= 0.3 is 0 Å². The maximum Gasteiger partial charge on any atom is 0.286 e. The number of H-pyrrole nitrogens is 1. The maximum absolute atomic E-state index is 11.8. The van der Waals surface area contributed by atoms with Crippen LogP contribution in [0.1, 0.15) is 46.3 Å². The summed E-state index contributed by atoms with van der Waals surface area (Å²) >= 11 is 0. The zero-order valence-corrected chi connectivity index (χ0v) is 13.2. The van der Waals surface area contributed by atoms with Crippen LogP contribution in [-0.4, -0.2) is 21.4 Å². The van der Waals surface area contributed by atoms with E-state index in [1.807, 2.05) is 0 Å². The molecule has 0 aliphatic heterocycles. The average molecular weight is 312 g/mol. The highest BCUT2D eigenvalue weighted by molar-refractivity contribution is 5.97. The Morgan fingerprint density at radius 3 is 2.74 bits per heavy atom. The van der Waals surface area contributed by atoms with Gasteiger partial charge in [0.15, 0.2) is 0 Å². The number of hydrazine groups is 1. The molecule has 0 saturated heterocycles. The summed E-state index contributed by atoms with van der Waals surface area (Å²) in [7, 11) is 0. The van der Waals surface area contributed by atoms with Gasteiger partial charge < -0.3 is 9.55 Å². The zero-order chi connectivity index (χ0) is 16.4. The number of rotatable bonds is 4. The summed E-state index contributed by atoms with van der Waals surface area (Å²) in [6, 6.07) is 6.04. The van der Waals surface area contributed by atoms with Crippen LogP contribution in [0.25, 0.3) is 6.08 Å². The van der Waals surface area contributed by atoms with Gasteiger partial charge in [-0.2, -0.15) is 0 Å². The number of hydrogen-bond donors (Lipinski definition) is 3. The van der Waals surface area contributed by atoms with E-state index in [9.17, 15) is 9.59 Å². The molecule has 1 saturated carbocycles. The van der Waals surface area contributed by atoms with E-state index >= 15 is 0 Å². The Kier molecular flexibility index (Phi) is 4.06. The van der Waals surface area contributed by atoms with Crippen LogP contribution >= 0.6 is 0 Å². The predicted molar refractivity (Wildman–Crippen MR) is 87.6 cm³/mol. The molecule has 0 spiro atoms. The molecule has 2 heterocycles. The van der Waals surface area contributed by atoms with Crippen molar-refractivity contribution in [2.75, 3.05) is 0 Å². The van der Waals surface area contributed by atoms with Crippen LogP contribution in [0.2, 0.25) is 0 Å². The maximum atomic E-state index is 11.8. The molecule has 3 N–H and O–H groups in total. The third-order valence-electron chi connectivity index (χ3n) is 3.99. The van der Waals surface area contributed by atoms with Gasteiger partial charge in [0.05, 0.1) is 0 Å². The Morgan fingerprint density at radius 2 is 2.09 bits per heavy atom. The number of aryl methyl sites for hydroxylation is 1. The second-order valence-corrected chi connectivity index (χ2v) is 5.79. The first-order valence-electron chi connectivity index (χ1n) is 7.66. The van der Waals surface area contributed by atoms with Crippen molar-refractivity contribution < 1.29 is 9.59 Å². The van der Waals surface area contributed by atoms with E-state index in [-0.39, 0.29) is 11.8 Å². The van der Waals surface area contributed by atoms with Crippen LogP contribution in [0.5, 0.6) is 0 Å². The Balaban J connectivity index is 1.58. The SMILES string of the molecule is Cc1cc(/C=C/C(=O)NNC(=O)c2ccc[nH]2)c(C)n1C1CC1. The molecule has 2 amide bonds. The standard InChI is InChI=1S/C17H20N4O2/c1-11-10-13(12(2)21(11)14-6-7-14)5-8-16(22)19-20-17(23)15-4-3-9-18-15/h3-5,8-10,14,18H,6-7H2,1-2H3,(H,19,22)(H,20,23)/b8-5+. The molecular formula is C17H20N4O2. The number of hydrogen-bond acceptors (Lipinski definition) is 2. The third-order valence-corrected chi connectivity index (χ3v) is 3.99. The Bertz CT molecular complexity index is 752. The van der Waals surface area contributed by atoms with Crippen molar-refractivity contribution in [3.8, 4) is 0 Å². The molecule has 3 rings (SSSR count). The van der Waals surface area contributed by atoms with Crippen molar-refractivity contribution in [3.05, 3.63) is 53.1 Å². The minimum Gasteiger partial charge on any atom is -0.357 e. The Morgan fingerprint density at radius 1 is 1.30 bits per heavy atom. The third kappa shape index (κ3) is 3.36. The summed E-state index contributed by atoms with van der Waals surface area (Å²) in [6.07, 6.45) is 7.30. The topological polar surface area (TPSA) is 78.9 Å². The van der Waals surface area contributed by atoms with Crippen LogP contribution in [0, 0.1) is 13.8 Å². The van der Waals surface area contributed by atoms with Crippen LogP contribution in [0.4, 0.5) is 0 Å². The predicted octanol–water partition coefficient (Wildman–Crippen LogP) is 2.24. The van der Waals surface area contributed by atoms with Gasteiger partial charge in [0, 0.05) is 29.7 Å². The molecule has 0 unspecified atom stereocenters. The summed E-state index contributed by atoms with van der Waals surface area (Å²) in [4.78, 5) is 26.3. The number of amides is 2. The molecule has 120 valence electrons. The van der Waals surface area contributed by atoms with Crippen molar-refractivity contribution >= 4 is 17.9 Å². The highest BCUT2D eigenvalue weighted by atomic mass is 16.2. The number of carbonyl (C=O) groups is 2. The second kappa shape index (κ2) is 6.16. The molecule has 23 heavy (non-hydrogen) atoms. The van der Waals surface area contributed by atoms with E-state index in [4.69, 9.17) is 0 Å². The summed E-state index contributed by atoms with van der Waals surface area (Å²) in [5, 5.41) is 0. The highest BCUT2D eigenvalue weighted by Gasteiger charge is 2.26. The molecule has 0 bridgehead atoms. The fraction of sp³-hybridized carbons (Fsp3) is 0.294. The van der Waals surface area contributed by atoms with Crippen molar-refractivity contribution in [1.82, 2.24) is 20.4 Å². The largest absolute Gasteiger partial charge is 0.357 e. The van der Waals surface area contributed by atoms with Gasteiger partial charge in [-0.05, 0) is 56.5 Å². The van der Waals surface area contributed by atoms with Crippen molar-refractivity contribution in [3.63, 3.8) is 0 Å². The Hall–Kier alpha value is -2.76. The van der Waals surface area contributed by atoms with Crippen LogP contribution in [-0.2, 0) is 4.79 Å². The van der Waals surface area contributed by atoms with E-state index in [1.165, 1.54) is 30.3 Å². The highest BCUT2D eigenvalue weighted by Crippen LogP contribution is 2.38. The van der Waals surface area contributed by atoms with Gasteiger partial charge in [-0.25, -0.2) is 0 Å². The molecule has 6 heteroatoms. The lowest BCUT2D eigenvalue weighted by Gasteiger charge is -2.06. The first-order chi connectivity index (χ1) is 11.1. The molecule has 1 fully saturated rings. The first kappa shape index (κ1) is 15.1. The second-order valence-electron chi connectivity index (χ2n) is 5.79. The monoisotopic (exact) mass is 312 g/mol. The van der Waals surface area contributed by atoms with Crippen molar-refractivity contribution in [1.29, 1.82) is 0 Å².